The number of hydrogen-bond acceptors (Lipinski definition) is 3. The number of rotatable bonds is 5. The van der Waals surface area contributed by atoms with Gasteiger partial charge in [-0.3, -0.25) is 0 Å². The van der Waals surface area contributed by atoms with Crippen molar-refractivity contribution >= 4 is 0 Å². The van der Waals surface area contributed by atoms with Crippen molar-refractivity contribution in [1.82, 2.24) is 0 Å². The van der Waals surface area contributed by atoms with Crippen LogP contribution in [0.25, 0.3) is 0 Å². The average molecular weight is 296 g/mol. The summed E-state index contributed by atoms with van der Waals surface area (Å²) in [6.45, 7) is 18.4. The van der Waals surface area contributed by atoms with Gasteiger partial charge in [0.15, 0.2) is 6.29 Å². The Hall–Kier alpha value is -0.640. The number of aliphatic hydroxyl groups excluding tert-OH is 1. The molecule has 1 N–H and O–H groups in total. The first kappa shape index (κ1) is 18.4. The molecule has 0 aromatic rings. The van der Waals surface area contributed by atoms with Crippen LogP contribution >= 0.6 is 0 Å². The lowest BCUT2D eigenvalue weighted by Gasteiger charge is -2.49. The van der Waals surface area contributed by atoms with Gasteiger partial charge in [-0.1, -0.05) is 39.8 Å². The zero-order chi connectivity index (χ0) is 16.4. The Morgan fingerprint density at radius 3 is 2.24 bits per heavy atom. The highest BCUT2D eigenvalue weighted by Crippen LogP contribution is 2.43. The Morgan fingerprint density at radius 1 is 1.24 bits per heavy atom. The molecular weight excluding hydrogens is 264 g/mol. The fraction of sp³-hybridized carbons (Fsp3) is 0.778. The van der Waals surface area contributed by atoms with E-state index in [1.807, 2.05) is 13.8 Å². The zero-order valence-corrected chi connectivity index (χ0v) is 14.6. The Morgan fingerprint density at radius 2 is 1.81 bits per heavy atom. The second kappa shape index (κ2) is 7.08. The number of ether oxygens (including phenoxy) is 2. The van der Waals surface area contributed by atoms with Gasteiger partial charge in [-0.25, -0.2) is 0 Å². The fourth-order valence-electron chi connectivity index (χ4n) is 3.28. The number of hydrogen-bond donors (Lipinski definition) is 1. The standard InChI is InChI=1S/C18H32O3/c1-9-15-18(7,8)17(21-16(10-2)20-15)13(5)11(3)12(4)14(6)19/h10,13-17,19H,2,9H2,1,3-8H3/b12-11+/t13-,14?,15-,16?,17-/m0/s1. The van der Waals surface area contributed by atoms with Crippen molar-refractivity contribution in [3.05, 3.63) is 23.8 Å². The van der Waals surface area contributed by atoms with Gasteiger partial charge in [-0.05, 0) is 38.8 Å². The van der Waals surface area contributed by atoms with E-state index in [0.29, 0.717) is 0 Å². The van der Waals surface area contributed by atoms with Crippen LogP contribution in [-0.4, -0.2) is 29.7 Å². The maximum atomic E-state index is 9.83. The van der Waals surface area contributed by atoms with Crippen LogP contribution in [0.3, 0.4) is 0 Å². The molecule has 0 aromatic carbocycles. The molecule has 1 heterocycles. The van der Waals surface area contributed by atoms with Crippen molar-refractivity contribution in [2.24, 2.45) is 11.3 Å². The Balaban J connectivity index is 3.12. The Bertz CT molecular complexity index is 395. The molecule has 1 rings (SSSR count). The second-order valence-electron chi connectivity index (χ2n) is 6.85. The van der Waals surface area contributed by atoms with E-state index in [4.69, 9.17) is 9.47 Å². The summed E-state index contributed by atoms with van der Waals surface area (Å²) >= 11 is 0. The highest BCUT2D eigenvalue weighted by Gasteiger charge is 2.46. The summed E-state index contributed by atoms with van der Waals surface area (Å²) in [6, 6.07) is 0. The summed E-state index contributed by atoms with van der Waals surface area (Å²) in [5.74, 6) is 0.218. The molecular formula is C18H32O3. The van der Waals surface area contributed by atoms with Crippen molar-refractivity contribution in [1.29, 1.82) is 0 Å². The molecule has 1 saturated heterocycles. The first-order chi connectivity index (χ1) is 9.66. The highest BCUT2D eigenvalue weighted by molar-refractivity contribution is 5.18. The molecule has 3 nitrogen and oxygen atoms in total. The molecule has 0 saturated carbocycles. The van der Waals surface area contributed by atoms with Crippen molar-refractivity contribution in [3.63, 3.8) is 0 Å². The van der Waals surface area contributed by atoms with Crippen LogP contribution in [0.1, 0.15) is 54.9 Å². The van der Waals surface area contributed by atoms with Crippen LogP contribution in [0.5, 0.6) is 0 Å². The molecule has 0 radical (unpaired) electrons. The van der Waals surface area contributed by atoms with Crippen LogP contribution in [0.4, 0.5) is 0 Å². The summed E-state index contributed by atoms with van der Waals surface area (Å²) < 4.78 is 12.1. The summed E-state index contributed by atoms with van der Waals surface area (Å²) in [4.78, 5) is 0. The minimum absolute atomic E-state index is 0.0351. The van der Waals surface area contributed by atoms with Crippen LogP contribution in [0.2, 0.25) is 0 Å². The van der Waals surface area contributed by atoms with Gasteiger partial charge in [-0.15, -0.1) is 0 Å². The van der Waals surface area contributed by atoms with E-state index in [0.717, 1.165) is 12.0 Å². The molecule has 0 amide bonds. The maximum absolute atomic E-state index is 9.83. The lowest BCUT2D eigenvalue weighted by Crippen LogP contribution is -2.54. The summed E-state index contributed by atoms with van der Waals surface area (Å²) in [5.41, 5.74) is 2.13. The fourth-order valence-corrected chi connectivity index (χ4v) is 3.28. The van der Waals surface area contributed by atoms with Crippen molar-refractivity contribution < 1.29 is 14.6 Å². The third kappa shape index (κ3) is 3.77. The topological polar surface area (TPSA) is 38.7 Å². The molecule has 1 aliphatic rings. The van der Waals surface area contributed by atoms with Crippen molar-refractivity contribution in [3.8, 4) is 0 Å². The zero-order valence-electron chi connectivity index (χ0n) is 14.6. The first-order valence-electron chi connectivity index (χ1n) is 7.95. The number of aliphatic hydroxyl groups is 1. The van der Waals surface area contributed by atoms with Crippen LogP contribution in [-0.2, 0) is 9.47 Å². The van der Waals surface area contributed by atoms with Crippen LogP contribution in [0, 0.1) is 11.3 Å². The highest BCUT2D eigenvalue weighted by atomic mass is 16.7. The third-order valence-corrected chi connectivity index (χ3v) is 5.09. The van der Waals surface area contributed by atoms with Crippen LogP contribution < -0.4 is 0 Å². The van der Waals surface area contributed by atoms with Gasteiger partial charge < -0.3 is 14.6 Å². The quantitative estimate of drug-likeness (QED) is 0.777. The predicted molar refractivity (Wildman–Crippen MR) is 87.0 cm³/mol. The largest absolute Gasteiger partial charge is 0.389 e. The summed E-state index contributed by atoms with van der Waals surface area (Å²) in [6.07, 6.45) is 2.07. The van der Waals surface area contributed by atoms with E-state index in [1.165, 1.54) is 5.57 Å². The molecule has 0 spiro atoms. The summed E-state index contributed by atoms with van der Waals surface area (Å²) in [7, 11) is 0. The molecule has 0 aliphatic carbocycles. The van der Waals surface area contributed by atoms with E-state index >= 15 is 0 Å². The normalized spacial score (nSPS) is 33.0. The Kier molecular flexibility index (Phi) is 6.21. The molecule has 1 aliphatic heterocycles. The summed E-state index contributed by atoms with van der Waals surface area (Å²) in [5, 5.41) is 9.83. The van der Waals surface area contributed by atoms with Gasteiger partial charge >= 0.3 is 0 Å². The third-order valence-electron chi connectivity index (χ3n) is 5.09. The van der Waals surface area contributed by atoms with Crippen LogP contribution in [0.15, 0.2) is 23.8 Å². The smallest absolute Gasteiger partial charge is 0.177 e. The molecule has 5 atom stereocenters. The van der Waals surface area contributed by atoms with E-state index < -0.39 is 6.10 Å². The first-order valence-corrected chi connectivity index (χ1v) is 7.95. The molecule has 0 bridgehead atoms. The van der Waals surface area contributed by atoms with Gasteiger partial charge in [0.2, 0.25) is 0 Å². The van der Waals surface area contributed by atoms with Crippen molar-refractivity contribution in [2.75, 3.05) is 0 Å². The van der Waals surface area contributed by atoms with Gasteiger partial charge in [0, 0.05) is 11.3 Å². The lowest BCUT2D eigenvalue weighted by molar-refractivity contribution is -0.283. The molecule has 3 heteroatoms. The lowest BCUT2D eigenvalue weighted by atomic mass is 9.71. The molecule has 0 aromatic heterocycles. The second-order valence-corrected chi connectivity index (χ2v) is 6.85. The van der Waals surface area contributed by atoms with Crippen molar-refractivity contribution in [2.45, 2.75) is 79.5 Å². The molecule has 1 fully saturated rings. The molecule has 122 valence electrons. The monoisotopic (exact) mass is 296 g/mol. The van der Waals surface area contributed by atoms with E-state index in [9.17, 15) is 5.11 Å². The van der Waals surface area contributed by atoms with Gasteiger partial charge in [0.1, 0.15) is 0 Å². The van der Waals surface area contributed by atoms with Gasteiger partial charge in [0.05, 0.1) is 18.3 Å². The predicted octanol–water partition coefficient (Wildman–Crippen LogP) is 4.07. The van der Waals surface area contributed by atoms with E-state index in [-0.39, 0.29) is 29.8 Å². The van der Waals surface area contributed by atoms with Gasteiger partial charge in [-0.2, -0.15) is 0 Å². The van der Waals surface area contributed by atoms with E-state index in [1.54, 1.807) is 6.08 Å². The Labute approximate surface area is 130 Å². The molecule has 2 unspecified atom stereocenters. The SMILES string of the molecule is C=CC1O[C@@H](CC)C(C)(C)[C@H]([C@@H](C)/C(C)=C(\C)C(C)O)O1. The minimum atomic E-state index is -0.424. The van der Waals surface area contributed by atoms with Gasteiger partial charge in [0.25, 0.3) is 0 Å². The maximum Gasteiger partial charge on any atom is 0.177 e. The average Bonchev–Trinajstić information content (AvgIpc) is 2.44. The van der Waals surface area contributed by atoms with E-state index in [2.05, 4.69) is 41.2 Å². The minimum Gasteiger partial charge on any atom is -0.389 e. The molecule has 21 heavy (non-hydrogen) atoms.